The molecule has 1 atom stereocenters. The van der Waals surface area contributed by atoms with Crippen molar-refractivity contribution in [3.05, 3.63) is 88.6 Å². The van der Waals surface area contributed by atoms with Crippen molar-refractivity contribution in [3.63, 3.8) is 0 Å². The lowest BCUT2D eigenvalue weighted by molar-refractivity contribution is -0.117. The zero-order valence-electron chi connectivity index (χ0n) is 18.7. The normalized spacial score (nSPS) is 16.4. The Balaban J connectivity index is 1.70. The van der Waals surface area contributed by atoms with Crippen molar-refractivity contribution in [2.75, 3.05) is 11.2 Å². The van der Waals surface area contributed by atoms with Crippen molar-refractivity contribution in [1.82, 2.24) is 4.98 Å². The fourth-order valence-electron chi connectivity index (χ4n) is 3.97. The number of thiazole rings is 1. The van der Waals surface area contributed by atoms with Crippen molar-refractivity contribution in [1.29, 1.82) is 0 Å². The number of carbonyl (C=O) groups excluding carboxylic acids is 2. The molecule has 36 heavy (non-hydrogen) atoms. The molecule has 8 nitrogen and oxygen atoms in total. The molecule has 0 aliphatic carbocycles. The van der Waals surface area contributed by atoms with Crippen LogP contribution < -0.4 is 4.90 Å². The van der Waals surface area contributed by atoms with E-state index in [1.807, 2.05) is 0 Å². The van der Waals surface area contributed by atoms with Crippen LogP contribution in [0.4, 0.5) is 13.9 Å². The number of Topliss-reactive ketones (excluding diaryl/α,β-unsaturated/α-hetero) is 1. The topological polar surface area (TPSA) is 118 Å². The summed E-state index contributed by atoms with van der Waals surface area (Å²) in [4.78, 5) is 31.9. The molecule has 0 bridgehead atoms. The summed E-state index contributed by atoms with van der Waals surface area (Å²) in [5.41, 5.74) is -0.373. The van der Waals surface area contributed by atoms with E-state index in [-0.39, 0.29) is 21.4 Å². The SMILES string of the molecule is Cc1ccc(C(=O)C2=C(O)C(=O)N(c3nc4ccc(S(C)(=O)=O)cc4s3)C2c2ccc(F)cc2F)o1. The number of halogens is 2. The number of fused-ring (bicyclic) bond motifs is 1. The summed E-state index contributed by atoms with van der Waals surface area (Å²) < 4.78 is 58.3. The third kappa shape index (κ3) is 3.88. The first-order chi connectivity index (χ1) is 17.0. The Labute approximate surface area is 207 Å². The Morgan fingerprint density at radius 1 is 1.14 bits per heavy atom. The molecule has 0 fully saturated rings. The van der Waals surface area contributed by atoms with Gasteiger partial charge in [-0.15, -0.1) is 0 Å². The van der Waals surface area contributed by atoms with Crippen LogP contribution in [0, 0.1) is 18.6 Å². The molecule has 1 N–H and O–H groups in total. The van der Waals surface area contributed by atoms with E-state index < -0.39 is 50.5 Å². The lowest BCUT2D eigenvalue weighted by Gasteiger charge is -2.24. The molecule has 1 aliphatic rings. The van der Waals surface area contributed by atoms with E-state index in [2.05, 4.69) is 4.98 Å². The maximum atomic E-state index is 15.0. The van der Waals surface area contributed by atoms with Crippen molar-refractivity contribution >= 4 is 48.2 Å². The van der Waals surface area contributed by atoms with Gasteiger partial charge < -0.3 is 9.52 Å². The zero-order chi connectivity index (χ0) is 25.9. The number of anilines is 1. The predicted molar refractivity (Wildman–Crippen MR) is 127 cm³/mol. The van der Waals surface area contributed by atoms with Crippen LogP contribution >= 0.6 is 11.3 Å². The first-order valence-electron chi connectivity index (χ1n) is 10.4. The van der Waals surface area contributed by atoms with Gasteiger partial charge in [-0.05, 0) is 43.3 Å². The molecule has 4 aromatic rings. The van der Waals surface area contributed by atoms with Gasteiger partial charge in [-0.25, -0.2) is 22.2 Å². The van der Waals surface area contributed by atoms with E-state index in [9.17, 15) is 31.9 Å². The standard InChI is InChI=1S/C24H16F2N2O6S2/c1-11-3-8-17(34-11)21(29)19-20(14-6-4-12(25)9-15(14)26)28(23(31)22(19)30)24-27-16-7-5-13(36(2,32)33)10-18(16)35-24/h3-10,20,30H,1-2H3. The summed E-state index contributed by atoms with van der Waals surface area (Å²) >= 11 is 0.912. The third-order valence-electron chi connectivity index (χ3n) is 5.66. The van der Waals surface area contributed by atoms with E-state index in [4.69, 9.17) is 4.42 Å². The monoisotopic (exact) mass is 530 g/mol. The molecular weight excluding hydrogens is 514 g/mol. The number of furan rings is 1. The van der Waals surface area contributed by atoms with Crippen molar-refractivity contribution < 1.29 is 36.3 Å². The van der Waals surface area contributed by atoms with Crippen LogP contribution in [0.25, 0.3) is 10.2 Å². The molecule has 0 saturated carbocycles. The van der Waals surface area contributed by atoms with Gasteiger partial charge in [0.2, 0.25) is 5.78 Å². The quantitative estimate of drug-likeness (QED) is 0.373. The van der Waals surface area contributed by atoms with Gasteiger partial charge >= 0.3 is 0 Å². The highest BCUT2D eigenvalue weighted by atomic mass is 32.2. The first-order valence-corrected chi connectivity index (χ1v) is 13.1. The number of amides is 1. The summed E-state index contributed by atoms with van der Waals surface area (Å²) in [5.74, 6) is -4.52. The van der Waals surface area contributed by atoms with Crippen molar-refractivity contribution in [2.24, 2.45) is 0 Å². The summed E-state index contributed by atoms with van der Waals surface area (Å²) in [5, 5.41) is 10.7. The molecule has 3 heterocycles. The van der Waals surface area contributed by atoms with Gasteiger partial charge in [0.1, 0.15) is 23.4 Å². The third-order valence-corrected chi connectivity index (χ3v) is 7.78. The summed E-state index contributed by atoms with van der Waals surface area (Å²) in [7, 11) is -3.53. The Hall–Kier alpha value is -3.90. The number of nitrogens with zero attached hydrogens (tertiary/aromatic N) is 2. The lowest BCUT2D eigenvalue weighted by Crippen LogP contribution is -2.31. The second-order valence-electron chi connectivity index (χ2n) is 8.14. The average molecular weight is 531 g/mol. The second-order valence-corrected chi connectivity index (χ2v) is 11.2. The predicted octanol–water partition coefficient (Wildman–Crippen LogP) is 4.66. The van der Waals surface area contributed by atoms with Gasteiger partial charge in [0.05, 0.1) is 20.7 Å². The number of aromatic nitrogens is 1. The van der Waals surface area contributed by atoms with E-state index >= 15 is 0 Å². The summed E-state index contributed by atoms with van der Waals surface area (Å²) in [6.45, 7) is 1.60. The Morgan fingerprint density at radius 3 is 2.53 bits per heavy atom. The van der Waals surface area contributed by atoms with Gasteiger partial charge in [0, 0.05) is 17.9 Å². The number of hydrogen-bond acceptors (Lipinski definition) is 8. The van der Waals surface area contributed by atoms with Crippen LogP contribution in [-0.2, 0) is 14.6 Å². The van der Waals surface area contributed by atoms with E-state index in [1.54, 1.807) is 6.92 Å². The second kappa shape index (κ2) is 8.35. The number of hydrogen-bond donors (Lipinski definition) is 1. The van der Waals surface area contributed by atoms with Crippen LogP contribution in [0.3, 0.4) is 0 Å². The molecule has 1 aliphatic heterocycles. The molecule has 2 aromatic heterocycles. The van der Waals surface area contributed by atoms with E-state index in [1.165, 1.54) is 30.3 Å². The smallest absolute Gasteiger partial charge is 0.296 e. The minimum absolute atomic E-state index is 0.0284. The van der Waals surface area contributed by atoms with Crippen LogP contribution in [0.2, 0.25) is 0 Å². The van der Waals surface area contributed by atoms with Crippen molar-refractivity contribution in [3.8, 4) is 0 Å². The van der Waals surface area contributed by atoms with E-state index in [0.29, 0.717) is 22.0 Å². The Kier molecular flexibility index (Phi) is 5.52. The molecule has 1 unspecified atom stereocenters. The molecule has 1 amide bonds. The molecular formula is C24H16F2N2O6S2. The number of aryl methyl sites for hydroxylation is 1. The number of carbonyl (C=O) groups is 2. The molecule has 12 heteroatoms. The number of sulfone groups is 1. The van der Waals surface area contributed by atoms with Crippen LogP contribution in [0.1, 0.15) is 27.9 Å². The molecule has 0 spiro atoms. The van der Waals surface area contributed by atoms with Crippen LogP contribution in [-0.4, -0.2) is 36.5 Å². The Morgan fingerprint density at radius 2 is 1.89 bits per heavy atom. The van der Waals surface area contributed by atoms with Gasteiger partial charge in [-0.3, -0.25) is 14.5 Å². The molecule has 0 saturated heterocycles. The molecule has 184 valence electrons. The highest BCUT2D eigenvalue weighted by Gasteiger charge is 2.47. The minimum atomic E-state index is -3.53. The van der Waals surface area contributed by atoms with Crippen LogP contribution in [0.15, 0.2) is 69.2 Å². The number of benzene rings is 2. The van der Waals surface area contributed by atoms with Gasteiger partial charge in [-0.1, -0.05) is 17.4 Å². The number of aliphatic hydroxyl groups is 1. The number of ketones is 1. The lowest BCUT2D eigenvalue weighted by atomic mass is 9.95. The fraction of sp³-hybridized carbons (Fsp3) is 0.125. The Bertz CT molecular complexity index is 1720. The van der Waals surface area contributed by atoms with Crippen molar-refractivity contribution in [2.45, 2.75) is 17.9 Å². The van der Waals surface area contributed by atoms with Crippen LogP contribution in [0.5, 0.6) is 0 Å². The molecule has 0 radical (unpaired) electrons. The van der Waals surface area contributed by atoms with E-state index in [0.717, 1.165) is 34.6 Å². The molecule has 5 rings (SSSR count). The maximum absolute atomic E-state index is 15.0. The maximum Gasteiger partial charge on any atom is 0.296 e. The van der Waals surface area contributed by atoms with Gasteiger partial charge in [-0.2, -0.15) is 0 Å². The summed E-state index contributed by atoms with van der Waals surface area (Å²) in [6.07, 6.45) is 1.05. The van der Waals surface area contributed by atoms with Gasteiger partial charge in [0.15, 0.2) is 26.5 Å². The largest absolute Gasteiger partial charge is 0.503 e. The van der Waals surface area contributed by atoms with Gasteiger partial charge in [0.25, 0.3) is 5.91 Å². The average Bonchev–Trinajstić information content (AvgIpc) is 3.49. The number of rotatable bonds is 5. The fourth-order valence-corrected chi connectivity index (χ4v) is 5.72. The highest BCUT2D eigenvalue weighted by Crippen LogP contribution is 2.45. The number of aliphatic hydroxyl groups excluding tert-OH is 1. The molecule has 2 aromatic carbocycles. The minimum Gasteiger partial charge on any atom is -0.503 e. The summed E-state index contributed by atoms with van der Waals surface area (Å²) in [6, 6.07) is 8.20. The first kappa shape index (κ1) is 23.8. The zero-order valence-corrected chi connectivity index (χ0v) is 20.3. The highest BCUT2D eigenvalue weighted by molar-refractivity contribution is 7.90.